The summed E-state index contributed by atoms with van der Waals surface area (Å²) < 4.78 is 0. The van der Waals surface area contributed by atoms with E-state index < -0.39 is 11.2 Å². The second-order valence-corrected chi connectivity index (χ2v) is 7.35. The van der Waals surface area contributed by atoms with Gasteiger partial charge in [-0.2, -0.15) is 0 Å². The monoisotopic (exact) mass is 370 g/mol. The highest BCUT2D eigenvalue weighted by atomic mass is 16.2. The van der Waals surface area contributed by atoms with Crippen molar-refractivity contribution in [3.63, 3.8) is 0 Å². The van der Waals surface area contributed by atoms with E-state index in [1.165, 1.54) is 11.8 Å². The number of rotatable bonds is 5. The van der Waals surface area contributed by atoms with Crippen LogP contribution in [-0.2, 0) is 17.8 Å². The van der Waals surface area contributed by atoms with Gasteiger partial charge in [0, 0.05) is 24.8 Å². The van der Waals surface area contributed by atoms with Gasteiger partial charge < -0.3 is 14.8 Å². The van der Waals surface area contributed by atoms with Crippen LogP contribution >= 0.6 is 0 Å². The fourth-order valence-electron chi connectivity index (χ4n) is 3.62. The molecule has 0 unspecified atom stereocenters. The molecule has 1 saturated heterocycles. The second-order valence-electron chi connectivity index (χ2n) is 7.35. The standard InChI is InChI=1S/C20H26N4O3/c1-23(2)13-14-6-8-15(9-7-14)17-5-3-4-10-24(17)18(25)11-16-12-21-20(27)22-19(16)26/h6-9,12,17H,3-5,10-11,13H2,1-2H3,(H2,21,22,26,27)/t17-/m1/s1. The number of likely N-dealkylation sites (tertiary alicyclic amines) is 1. The zero-order chi connectivity index (χ0) is 19.4. The van der Waals surface area contributed by atoms with E-state index in [0.29, 0.717) is 6.54 Å². The third kappa shape index (κ3) is 4.74. The van der Waals surface area contributed by atoms with Gasteiger partial charge in [-0.25, -0.2) is 4.79 Å². The third-order valence-electron chi connectivity index (χ3n) is 4.92. The molecule has 0 saturated carbocycles. The molecule has 0 aliphatic carbocycles. The van der Waals surface area contributed by atoms with E-state index in [4.69, 9.17) is 0 Å². The van der Waals surface area contributed by atoms with Gasteiger partial charge in [-0.1, -0.05) is 24.3 Å². The summed E-state index contributed by atoms with van der Waals surface area (Å²) in [6.07, 6.45) is 4.27. The fraction of sp³-hybridized carbons (Fsp3) is 0.450. The lowest BCUT2D eigenvalue weighted by atomic mass is 9.94. The van der Waals surface area contributed by atoms with Crippen LogP contribution in [-0.4, -0.2) is 46.3 Å². The number of amides is 1. The number of benzene rings is 1. The van der Waals surface area contributed by atoms with Crippen molar-refractivity contribution < 1.29 is 4.79 Å². The predicted octanol–water partition coefficient (Wildman–Crippen LogP) is 1.42. The van der Waals surface area contributed by atoms with Gasteiger partial charge in [0.05, 0.1) is 12.5 Å². The molecule has 7 heteroatoms. The Balaban J connectivity index is 1.77. The molecule has 3 rings (SSSR count). The average Bonchev–Trinajstić information content (AvgIpc) is 2.64. The Bertz CT molecular complexity index is 898. The molecule has 27 heavy (non-hydrogen) atoms. The van der Waals surface area contributed by atoms with Crippen LogP contribution in [0.15, 0.2) is 40.1 Å². The number of carbonyl (C=O) groups is 1. The summed E-state index contributed by atoms with van der Waals surface area (Å²) in [6.45, 7) is 1.56. The van der Waals surface area contributed by atoms with Crippen LogP contribution in [0.1, 0.15) is 42.0 Å². The molecule has 144 valence electrons. The van der Waals surface area contributed by atoms with Crippen molar-refractivity contribution in [3.8, 4) is 0 Å². The molecule has 2 N–H and O–H groups in total. The molecule has 1 aromatic heterocycles. The molecule has 1 aliphatic rings. The Labute approximate surface area is 158 Å². The minimum atomic E-state index is -0.565. The highest BCUT2D eigenvalue weighted by Gasteiger charge is 2.28. The molecule has 2 aromatic rings. The summed E-state index contributed by atoms with van der Waals surface area (Å²) in [5.74, 6) is -0.0883. The number of piperidine rings is 1. The maximum Gasteiger partial charge on any atom is 0.325 e. The smallest absolute Gasteiger partial charge is 0.325 e. The van der Waals surface area contributed by atoms with E-state index in [0.717, 1.165) is 31.4 Å². The lowest BCUT2D eigenvalue weighted by Gasteiger charge is -2.36. The Morgan fingerprint density at radius 1 is 1.19 bits per heavy atom. The summed E-state index contributed by atoms with van der Waals surface area (Å²) >= 11 is 0. The average molecular weight is 370 g/mol. The summed E-state index contributed by atoms with van der Waals surface area (Å²) in [7, 11) is 4.07. The topological polar surface area (TPSA) is 89.3 Å². The Morgan fingerprint density at radius 2 is 1.93 bits per heavy atom. The van der Waals surface area contributed by atoms with Crippen molar-refractivity contribution in [2.75, 3.05) is 20.6 Å². The van der Waals surface area contributed by atoms with Crippen LogP contribution < -0.4 is 11.2 Å². The largest absolute Gasteiger partial charge is 0.335 e. The SMILES string of the molecule is CN(C)Cc1ccc([C@H]2CCCCN2C(=O)Cc2c[nH]c(=O)[nH]c2=O)cc1. The number of H-pyrrole nitrogens is 2. The summed E-state index contributed by atoms with van der Waals surface area (Å²) in [4.78, 5) is 44.5. The van der Waals surface area contributed by atoms with E-state index in [1.807, 2.05) is 19.0 Å². The van der Waals surface area contributed by atoms with Crippen LogP contribution in [0, 0.1) is 0 Å². The summed E-state index contributed by atoms with van der Waals surface area (Å²) in [5, 5.41) is 0. The first kappa shape index (κ1) is 19.1. The first-order valence-electron chi connectivity index (χ1n) is 9.28. The van der Waals surface area contributed by atoms with E-state index in [1.54, 1.807) is 0 Å². The minimum absolute atomic E-state index is 0.0126. The quantitative estimate of drug-likeness (QED) is 0.833. The van der Waals surface area contributed by atoms with Gasteiger partial charge in [-0.15, -0.1) is 0 Å². The zero-order valence-corrected chi connectivity index (χ0v) is 15.8. The molecule has 1 fully saturated rings. The van der Waals surface area contributed by atoms with Gasteiger partial charge in [0.1, 0.15) is 0 Å². The molecule has 1 atom stereocenters. The summed E-state index contributed by atoms with van der Waals surface area (Å²) in [5.41, 5.74) is 1.57. The molecule has 1 aliphatic heterocycles. The molecule has 0 spiro atoms. The Morgan fingerprint density at radius 3 is 2.59 bits per heavy atom. The van der Waals surface area contributed by atoms with Crippen molar-refractivity contribution >= 4 is 5.91 Å². The number of carbonyl (C=O) groups excluding carboxylic acids is 1. The predicted molar refractivity (Wildman–Crippen MR) is 104 cm³/mol. The highest BCUT2D eigenvalue weighted by molar-refractivity contribution is 5.79. The van der Waals surface area contributed by atoms with Gasteiger partial charge in [-0.05, 0) is 44.5 Å². The van der Waals surface area contributed by atoms with Gasteiger partial charge in [0.15, 0.2) is 0 Å². The van der Waals surface area contributed by atoms with Gasteiger partial charge >= 0.3 is 5.69 Å². The molecule has 2 heterocycles. The molecule has 1 aromatic carbocycles. The molecule has 0 bridgehead atoms. The maximum absolute atomic E-state index is 12.9. The number of nitrogens with one attached hydrogen (secondary N) is 2. The first-order valence-corrected chi connectivity index (χ1v) is 9.28. The lowest BCUT2D eigenvalue weighted by Crippen LogP contribution is -2.40. The van der Waals surface area contributed by atoms with Crippen LogP contribution in [0.4, 0.5) is 0 Å². The fourth-order valence-corrected chi connectivity index (χ4v) is 3.62. The van der Waals surface area contributed by atoms with Crippen LogP contribution in [0.5, 0.6) is 0 Å². The normalized spacial score (nSPS) is 17.3. The molecule has 7 nitrogen and oxygen atoms in total. The lowest BCUT2D eigenvalue weighted by molar-refractivity contribution is -0.134. The van der Waals surface area contributed by atoms with Crippen molar-refractivity contribution in [2.24, 2.45) is 0 Å². The first-order chi connectivity index (χ1) is 12.9. The molecular formula is C20H26N4O3. The number of hydrogen-bond donors (Lipinski definition) is 2. The highest BCUT2D eigenvalue weighted by Crippen LogP contribution is 2.31. The second kappa shape index (κ2) is 8.35. The summed E-state index contributed by atoms with van der Waals surface area (Å²) in [6, 6.07) is 8.45. The van der Waals surface area contributed by atoms with E-state index >= 15 is 0 Å². The maximum atomic E-state index is 12.9. The number of aromatic nitrogens is 2. The van der Waals surface area contributed by atoms with E-state index in [2.05, 4.69) is 39.1 Å². The van der Waals surface area contributed by atoms with Crippen molar-refractivity contribution in [2.45, 2.75) is 38.3 Å². The van der Waals surface area contributed by atoms with E-state index in [-0.39, 0.29) is 23.9 Å². The Kier molecular flexibility index (Phi) is 5.91. The van der Waals surface area contributed by atoms with Gasteiger partial charge in [0.25, 0.3) is 5.56 Å². The van der Waals surface area contributed by atoms with Crippen LogP contribution in [0.2, 0.25) is 0 Å². The molecular weight excluding hydrogens is 344 g/mol. The third-order valence-corrected chi connectivity index (χ3v) is 4.92. The van der Waals surface area contributed by atoms with Crippen molar-refractivity contribution in [1.82, 2.24) is 19.8 Å². The zero-order valence-electron chi connectivity index (χ0n) is 15.8. The number of nitrogens with zero attached hydrogens (tertiary/aromatic N) is 2. The Hall–Kier alpha value is -2.67. The van der Waals surface area contributed by atoms with Crippen LogP contribution in [0.25, 0.3) is 0 Å². The number of hydrogen-bond acceptors (Lipinski definition) is 4. The minimum Gasteiger partial charge on any atom is -0.335 e. The van der Waals surface area contributed by atoms with E-state index in [9.17, 15) is 14.4 Å². The van der Waals surface area contributed by atoms with Crippen molar-refractivity contribution in [3.05, 3.63) is 68.0 Å². The van der Waals surface area contributed by atoms with Crippen molar-refractivity contribution in [1.29, 1.82) is 0 Å². The molecule has 0 radical (unpaired) electrons. The van der Waals surface area contributed by atoms with Gasteiger partial charge in [-0.3, -0.25) is 14.6 Å². The molecule has 1 amide bonds. The van der Waals surface area contributed by atoms with Gasteiger partial charge in [0.2, 0.25) is 5.91 Å². The van der Waals surface area contributed by atoms with Crippen LogP contribution in [0.3, 0.4) is 0 Å². The number of aromatic amines is 2.